The summed E-state index contributed by atoms with van der Waals surface area (Å²) < 4.78 is 5.58. The van der Waals surface area contributed by atoms with Crippen LogP contribution in [0.2, 0.25) is 0 Å². The summed E-state index contributed by atoms with van der Waals surface area (Å²) in [6.45, 7) is 10.5. The summed E-state index contributed by atoms with van der Waals surface area (Å²) in [5.74, 6) is 1.24. The minimum atomic E-state index is 0.129. The number of aromatic nitrogens is 1. The molecule has 1 fully saturated rings. The van der Waals surface area contributed by atoms with Gasteiger partial charge in [-0.2, -0.15) is 11.8 Å². The van der Waals surface area contributed by atoms with Crippen molar-refractivity contribution in [2.24, 2.45) is 0 Å². The van der Waals surface area contributed by atoms with Crippen LogP contribution < -0.4 is 0 Å². The Bertz CT molecular complexity index is 370. The second-order valence-corrected chi connectivity index (χ2v) is 7.13. The van der Waals surface area contributed by atoms with E-state index >= 15 is 0 Å². The number of hydrogen-bond acceptors (Lipinski definition) is 5. The van der Waals surface area contributed by atoms with Gasteiger partial charge >= 0.3 is 0 Å². The van der Waals surface area contributed by atoms with Gasteiger partial charge < -0.3 is 4.74 Å². The number of rotatable bonds is 5. The fraction of sp³-hybridized carbons (Fsp3) is 0.769. The molecular weight excluding hydrogens is 264 g/mol. The van der Waals surface area contributed by atoms with Crippen LogP contribution in [0.5, 0.6) is 0 Å². The number of thiazole rings is 1. The Morgan fingerprint density at radius 1 is 1.61 bits per heavy atom. The summed E-state index contributed by atoms with van der Waals surface area (Å²) in [6.07, 6.45) is 0.129. The van der Waals surface area contributed by atoms with Gasteiger partial charge in [-0.1, -0.05) is 6.92 Å². The molecule has 18 heavy (non-hydrogen) atoms. The van der Waals surface area contributed by atoms with Crippen molar-refractivity contribution in [3.63, 3.8) is 0 Å². The van der Waals surface area contributed by atoms with E-state index in [2.05, 4.69) is 35.9 Å². The van der Waals surface area contributed by atoms with Crippen molar-refractivity contribution >= 4 is 23.1 Å². The van der Waals surface area contributed by atoms with Crippen molar-refractivity contribution in [1.29, 1.82) is 0 Å². The predicted molar refractivity (Wildman–Crippen MR) is 79.4 cm³/mol. The fourth-order valence-electron chi connectivity index (χ4n) is 2.17. The van der Waals surface area contributed by atoms with Crippen LogP contribution in [0.4, 0.5) is 0 Å². The molecule has 2 heterocycles. The van der Waals surface area contributed by atoms with Gasteiger partial charge in [-0.05, 0) is 13.8 Å². The molecule has 2 atom stereocenters. The maximum Gasteiger partial charge on any atom is 0.122 e. The first-order chi connectivity index (χ1) is 8.69. The second kappa shape index (κ2) is 6.89. The first-order valence-electron chi connectivity index (χ1n) is 6.59. The van der Waals surface area contributed by atoms with Crippen LogP contribution in [0.15, 0.2) is 5.38 Å². The van der Waals surface area contributed by atoms with E-state index in [0.717, 1.165) is 23.4 Å². The fourth-order valence-corrected chi connectivity index (χ4v) is 4.06. The summed E-state index contributed by atoms with van der Waals surface area (Å²) in [5.41, 5.74) is 1.20. The van der Waals surface area contributed by atoms with Crippen LogP contribution in [-0.2, 0) is 11.3 Å². The Morgan fingerprint density at radius 2 is 2.44 bits per heavy atom. The molecule has 1 aliphatic heterocycles. The molecule has 1 saturated heterocycles. The maximum absolute atomic E-state index is 5.58. The van der Waals surface area contributed by atoms with E-state index in [1.807, 2.05) is 6.92 Å². The van der Waals surface area contributed by atoms with Gasteiger partial charge in [0.2, 0.25) is 0 Å². The third kappa shape index (κ3) is 3.95. The first kappa shape index (κ1) is 14.3. The van der Waals surface area contributed by atoms with E-state index in [-0.39, 0.29) is 6.10 Å². The molecule has 0 unspecified atom stereocenters. The van der Waals surface area contributed by atoms with Crippen LogP contribution in [0.3, 0.4) is 0 Å². The van der Waals surface area contributed by atoms with E-state index in [1.165, 1.54) is 24.5 Å². The third-order valence-corrected chi connectivity index (χ3v) is 5.24. The number of ether oxygens (including phenoxy) is 1. The SMILES string of the molecule is CCO[C@@H](C)c1nc(CN2CCS[C@H](C)C2)cs1. The van der Waals surface area contributed by atoms with Gasteiger partial charge in [0.1, 0.15) is 11.1 Å². The highest BCUT2D eigenvalue weighted by molar-refractivity contribution is 7.99. The highest BCUT2D eigenvalue weighted by Crippen LogP contribution is 2.23. The van der Waals surface area contributed by atoms with Gasteiger partial charge in [0, 0.05) is 42.6 Å². The molecule has 1 aliphatic rings. The number of hydrogen-bond donors (Lipinski definition) is 0. The van der Waals surface area contributed by atoms with E-state index in [1.54, 1.807) is 11.3 Å². The summed E-state index contributed by atoms with van der Waals surface area (Å²) in [7, 11) is 0. The Morgan fingerprint density at radius 3 is 3.17 bits per heavy atom. The van der Waals surface area contributed by atoms with Crippen molar-refractivity contribution in [3.8, 4) is 0 Å². The molecule has 3 nitrogen and oxygen atoms in total. The molecule has 1 aromatic rings. The van der Waals surface area contributed by atoms with Crippen molar-refractivity contribution < 1.29 is 4.74 Å². The lowest BCUT2D eigenvalue weighted by atomic mass is 10.3. The van der Waals surface area contributed by atoms with Gasteiger partial charge in [0.25, 0.3) is 0 Å². The van der Waals surface area contributed by atoms with Gasteiger partial charge in [-0.3, -0.25) is 4.90 Å². The summed E-state index contributed by atoms with van der Waals surface area (Å²) in [6, 6.07) is 0. The molecule has 0 amide bonds. The number of thioether (sulfide) groups is 1. The minimum absolute atomic E-state index is 0.129. The molecule has 102 valence electrons. The molecule has 0 N–H and O–H groups in total. The van der Waals surface area contributed by atoms with E-state index in [4.69, 9.17) is 9.72 Å². The first-order valence-corrected chi connectivity index (χ1v) is 8.51. The zero-order valence-electron chi connectivity index (χ0n) is 11.4. The largest absolute Gasteiger partial charge is 0.372 e. The lowest BCUT2D eigenvalue weighted by molar-refractivity contribution is 0.0760. The summed E-state index contributed by atoms with van der Waals surface area (Å²) in [5, 5.41) is 4.03. The van der Waals surface area contributed by atoms with Crippen LogP contribution in [-0.4, -0.2) is 40.6 Å². The lowest BCUT2D eigenvalue weighted by Gasteiger charge is -2.29. The Balaban J connectivity index is 1.89. The normalized spacial score (nSPS) is 23.2. The molecular formula is C13H22N2OS2. The molecule has 0 saturated carbocycles. The van der Waals surface area contributed by atoms with Crippen LogP contribution in [0, 0.1) is 0 Å². The molecule has 0 aliphatic carbocycles. The average molecular weight is 286 g/mol. The minimum Gasteiger partial charge on any atom is -0.372 e. The maximum atomic E-state index is 5.58. The second-order valence-electron chi connectivity index (χ2n) is 4.69. The Labute approximate surface area is 118 Å². The van der Waals surface area contributed by atoms with Gasteiger partial charge in [0.15, 0.2) is 0 Å². The molecule has 0 bridgehead atoms. The van der Waals surface area contributed by atoms with Gasteiger partial charge in [0.05, 0.1) is 5.69 Å². The number of nitrogens with zero attached hydrogens (tertiary/aromatic N) is 2. The standard InChI is InChI=1S/C13H22N2OS2/c1-4-16-11(3)13-14-12(9-18-13)8-15-5-6-17-10(2)7-15/h9-11H,4-8H2,1-3H3/t10-,11+/m1/s1. The molecule has 1 aromatic heterocycles. The highest BCUT2D eigenvalue weighted by atomic mass is 32.2. The highest BCUT2D eigenvalue weighted by Gasteiger charge is 2.18. The molecule has 0 aromatic carbocycles. The van der Waals surface area contributed by atoms with Gasteiger partial charge in [-0.25, -0.2) is 4.98 Å². The molecule has 0 spiro atoms. The molecule has 5 heteroatoms. The van der Waals surface area contributed by atoms with Crippen LogP contribution >= 0.6 is 23.1 Å². The van der Waals surface area contributed by atoms with E-state index in [0.29, 0.717) is 0 Å². The topological polar surface area (TPSA) is 25.4 Å². The van der Waals surface area contributed by atoms with Crippen LogP contribution in [0.25, 0.3) is 0 Å². The quantitative estimate of drug-likeness (QED) is 0.830. The Hall–Kier alpha value is -0.100. The van der Waals surface area contributed by atoms with Gasteiger partial charge in [-0.15, -0.1) is 11.3 Å². The Kier molecular flexibility index (Phi) is 5.48. The predicted octanol–water partition coefficient (Wildman–Crippen LogP) is 3.18. The monoisotopic (exact) mass is 286 g/mol. The molecule has 2 rings (SSSR count). The van der Waals surface area contributed by atoms with Crippen LogP contribution in [0.1, 0.15) is 37.6 Å². The van der Waals surface area contributed by atoms with Crippen molar-refractivity contribution in [1.82, 2.24) is 9.88 Å². The van der Waals surface area contributed by atoms with E-state index < -0.39 is 0 Å². The van der Waals surface area contributed by atoms with Crippen molar-refractivity contribution in [3.05, 3.63) is 16.1 Å². The van der Waals surface area contributed by atoms with Crippen molar-refractivity contribution in [2.45, 2.75) is 38.7 Å². The zero-order chi connectivity index (χ0) is 13.0. The van der Waals surface area contributed by atoms with Crippen molar-refractivity contribution in [2.75, 3.05) is 25.4 Å². The lowest BCUT2D eigenvalue weighted by Crippen LogP contribution is -2.36. The van der Waals surface area contributed by atoms with E-state index in [9.17, 15) is 0 Å². The third-order valence-electron chi connectivity index (χ3n) is 3.04. The summed E-state index contributed by atoms with van der Waals surface area (Å²) >= 11 is 3.79. The average Bonchev–Trinajstić information content (AvgIpc) is 2.78. The molecule has 0 radical (unpaired) electrons. The zero-order valence-corrected chi connectivity index (χ0v) is 13.0. The summed E-state index contributed by atoms with van der Waals surface area (Å²) in [4.78, 5) is 7.20. The smallest absolute Gasteiger partial charge is 0.122 e.